The number of aryl methyl sites for hydroxylation is 2. The monoisotopic (exact) mass is 302 g/mol. The molecule has 2 heterocycles. The van der Waals surface area contributed by atoms with E-state index in [9.17, 15) is 9.18 Å². The van der Waals surface area contributed by atoms with Gasteiger partial charge in [0.2, 0.25) is 0 Å². The first kappa shape index (κ1) is 14.6. The minimum Gasteiger partial charge on any atom is -0.369 e. The molecule has 1 fully saturated rings. The Kier molecular flexibility index (Phi) is 3.83. The first-order valence-corrected chi connectivity index (χ1v) is 7.43. The van der Waals surface area contributed by atoms with Crippen molar-refractivity contribution < 1.29 is 9.18 Å². The van der Waals surface area contributed by atoms with Gasteiger partial charge in [-0.2, -0.15) is 5.10 Å². The molecule has 0 aliphatic carbocycles. The highest BCUT2D eigenvalue weighted by atomic mass is 19.1. The Labute approximate surface area is 128 Å². The predicted molar refractivity (Wildman–Crippen MR) is 83.9 cm³/mol. The number of carbonyl (C=O) groups is 1. The minimum atomic E-state index is -0.352. The average molecular weight is 302 g/mol. The van der Waals surface area contributed by atoms with Crippen LogP contribution in [0.3, 0.4) is 0 Å². The molecule has 1 aliphatic rings. The zero-order valence-electron chi connectivity index (χ0n) is 12.7. The van der Waals surface area contributed by atoms with Gasteiger partial charge < -0.3 is 10.2 Å². The van der Waals surface area contributed by atoms with Crippen molar-refractivity contribution in [3.63, 3.8) is 0 Å². The molecule has 116 valence electrons. The molecule has 0 spiro atoms. The third kappa shape index (κ3) is 2.68. The normalized spacial score (nSPS) is 14.4. The summed E-state index contributed by atoms with van der Waals surface area (Å²) in [5.74, 6) is -0.686. The quantitative estimate of drug-likeness (QED) is 0.916. The Morgan fingerprint density at radius 1 is 1.32 bits per heavy atom. The zero-order chi connectivity index (χ0) is 15.7. The fraction of sp³-hybridized carbons (Fsp3) is 0.375. The van der Waals surface area contributed by atoms with Gasteiger partial charge in [-0.05, 0) is 44.9 Å². The number of nitrogens with one attached hydrogen (secondary N) is 2. The Morgan fingerprint density at radius 3 is 2.64 bits per heavy atom. The molecule has 2 aromatic rings. The summed E-state index contributed by atoms with van der Waals surface area (Å²) >= 11 is 0. The van der Waals surface area contributed by atoms with Crippen LogP contribution >= 0.6 is 0 Å². The molecule has 6 heteroatoms. The maximum absolute atomic E-state index is 14.3. The third-order valence-corrected chi connectivity index (χ3v) is 4.02. The summed E-state index contributed by atoms with van der Waals surface area (Å²) in [5, 5.41) is 9.61. The lowest BCUT2D eigenvalue weighted by Crippen LogP contribution is -2.20. The van der Waals surface area contributed by atoms with Crippen LogP contribution in [0.15, 0.2) is 18.2 Å². The van der Waals surface area contributed by atoms with Crippen molar-refractivity contribution in [1.29, 1.82) is 0 Å². The van der Waals surface area contributed by atoms with E-state index < -0.39 is 0 Å². The molecule has 0 unspecified atom stereocenters. The van der Waals surface area contributed by atoms with E-state index in [2.05, 4.69) is 15.5 Å². The van der Waals surface area contributed by atoms with Gasteiger partial charge in [-0.15, -0.1) is 0 Å². The first-order chi connectivity index (χ1) is 10.6. The molecule has 1 aromatic heterocycles. The minimum absolute atomic E-state index is 0.306. The second-order valence-corrected chi connectivity index (χ2v) is 5.62. The average Bonchev–Trinajstić information content (AvgIpc) is 3.12. The molecule has 1 amide bonds. The van der Waals surface area contributed by atoms with Crippen LogP contribution in [0.5, 0.6) is 0 Å². The van der Waals surface area contributed by atoms with Crippen molar-refractivity contribution in [3.05, 3.63) is 41.0 Å². The van der Waals surface area contributed by atoms with E-state index in [1.54, 1.807) is 19.1 Å². The first-order valence-electron chi connectivity index (χ1n) is 7.43. The number of H-pyrrole nitrogens is 1. The molecule has 0 atom stereocenters. The zero-order valence-corrected chi connectivity index (χ0v) is 12.7. The van der Waals surface area contributed by atoms with Gasteiger partial charge in [-0.3, -0.25) is 9.89 Å². The number of amides is 1. The summed E-state index contributed by atoms with van der Waals surface area (Å²) in [5.41, 5.74) is 3.01. The largest absolute Gasteiger partial charge is 0.369 e. The molecule has 0 bridgehead atoms. The van der Waals surface area contributed by atoms with Crippen LogP contribution in [0.2, 0.25) is 0 Å². The molecule has 2 N–H and O–H groups in total. The number of rotatable bonds is 3. The Hall–Kier alpha value is -2.37. The summed E-state index contributed by atoms with van der Waals surface area (Å²) in [7, 11) is 0. The number of halogens is 1. The van der Waals surface area contributed by atoms with E-state index in [-0.39, 0.29) is 11.7 Å². The highest BCUT2D eigenvalue weighted by Crippen LogP contribution is 2.25. The fourth-order valence-electron chi connectivity index (χ4n) is 2.78. The van der Waals surface area contributed by atoms with Crippen molar-refractivity contribution in [3.8, 4) is 0 Å². The Morgan fingerprint density at radius 2 is 2.05 bits per heavy atom. The van der Waals surface area contributed by atoms with E-state index >= 15 is 0 Å². The van der Waals surface area contributed by atoms with Crippen molar-refractivity contribution in [1.82, 2.24) is 10.2 Å². The van der Waals surface area contributed by atoms with Crippen molar-refractivity contribution in [2.24, 2.45) is 0 Å². The van der Waals surface area contributed by atoms with Crippen LogP contribution in [-0.4, -0.2) is 29.2 Å². The van der Waals surface area contributed by atoms with Crippen molar-refractivity contribution >= 4 is 17.3 Å². The number of anilines is 2. The highest BCUT2D eigenvalue weighted by molar-refractivity contribution is 6.05. The summed E-state index contributed by atoms with van der Waals surface area (Å²) < 4.78 is 14.3. The number of nitrogens with zero attached hydrogens (tertiary/aromatic N) is 2. The number of carbonyl (C=O) groups excluding carboxylic acids is 1. The van der Waals surface area contributed by atoms with Crippen LogP contribution < -0.4 is 10.2 Å². The molecule has 1 saturated heterocycles. The number of aromatic amines is 1. The van der Waals surface area contributed by atoms with E-state index in [4.69, 9.17) is 0 Å². The van der Waals surface area contributed by atoms with Crippen LogP contribution in [-0.2, 0) is 0 Å². The summed E-state index contributed by atoms with van der Waals surface area (Å²) in [6.07, 6.45) is 2.17. The lowest BCUT2D eigenvalue weighted by Gasteiger charge is -2.18. The Balaban J connectivity index is 1.80. The smallest absolute Gasteiger partial charge is 0.255 e. The standard InChI is InChI=1S/C16H19FN4O/c1-10-15(11(2)20-19-10)18-16(22)12-5-6-14(13(17)9-12)21-7-3-4-8-21/h5-6,9H,3-4,7-8H2,1-2H3,(H,18,22)(H,19,20). The molecule has 1 aromatic carbocycles. The molecule has 5 nitrogen and oxygen atoms in total. The number of benzene rings is 1. The molecular formula is C16H19FN4O. The summed E-state index contributed by atoms with van der Waals surface area (Å²) in [6.45, 7) is 5.37. The van der Waals surface area contributed by atoms with Crippen molar-refractivity contribution in [2.75, 3.05) is 23.3 Å². The molecule has 3 rings (SSSR count). The molecule has 0 saturated carbocycles. The van der Waals surface area contributed by atoms with Crippen LogP contribution in [0.25, 0.3) is 0 Å². The van der Waals surface area contributed by atoms with Gasteiger partial charge in [-0.25, -0.2) is 4.39 Å². The second-order valence-electron chi connectivity index (χ2n) is 5.62. The number of aromatic nitrogens is 2. The van der Waals surface area contributed by atoms with Gasteiger partial charge in [-0.1, -0.05) is 0 Å². The Bertz CT molecular complexity index is 685. The maximum atomic E-state index is 14.3. The van der Waals surface area contributed by atoms with Crippen LogP contribution in [0, 0.1) is 19.7 Å². The van der Waals surface area contributed by atoms with Crippen LogP contribution in [0.1, 0.15) is 34.6 Å². The van der Waals surface area contributed by atoms with E-state index in [0.717, 1.165) is 31.6 Å². The van der Waals surface area contributed by atoms with Gasteiger partial charge >= 0.3 is 0 Å². The van der Waals surface area contributed by atoms with Crippen LogP contribution in [0.4, 0.5) is 15.8 Å². The topological polar surface area (TPSA) is 61.0 Å². The van der Waals surface area contributed by atoms with E-state index in [0.29, 0.717) is 22.6 Å². The van der Waals surface area contributed by atoms with Crippen molar-refractivity contribution in [2.45, 2.75) is 26.7 Å². The summed E-state index contributed by atoms with van der Waals surface area (Å²) in [4.78, 5) is 14.3. The molecule has 1 aliphatic heterocycles. The lowest BCUT2D eigenvalue weighted by atomic mass is 10.1. The van der Waals surface area contributed by atoms with Gasteiger partial charge in [0.05, 0.1) is 22.8 Å². The van der Waals surface area contributed by atoms with Gasteiger partial charge in [0, 0.05) is 18.7 Å². The predicted octanol–water partition coefficient (Wildman–Crippen LogP) is 3.02. The van der Waals surface area contributed by atoms with E-state index in [1.165, 1.54) is 6.07 Å². The van der Waals surface area contributed by atoms with Gasteiger partial charge in [0.1, 0.15) is 5.82 Å². The van der Waals surface area contributed by atoms with E-state index in [1.807, 2.05) is 11.8 Å². The summed E-state index contributed by atoms with van der Waals surface area (Å²) in [6, 6.07) is 4.65. The second kappa shape index (κ2) is 5.79. The highest BCUT2D eigenvalue weighted by Gasteiger charge is 2.18. The lowest BCUT2D eigenvalue weighted by molar-refractivity contribution is 0.102. The SMILES string of the molecule is Cc1n[nH]c(C)c1NC(=O)c1ccc(N2CCCC2)c(F)c1. The molecule has 0 radical (unpaired) electrons. The van der Waals surface area contributed by atoms with Gasteiger partial charge in [0.25, 0.3) is 5.91 Å². The third-order valence-electron chi connectivity index (χ3n) is 4.02. The molecular weight excluding hydrogens is 283 g/mol. The maximum Gasteiger partial charge on any atom is 0.255 e. The molecule has 22 heavy (non-hydrogen) atoms. The number of hydrogen-bond acceptors (Lipinski definition) is 3. The van der Waals surface area contributed by atoms with Gasteiger partial charge in [0.15, 0.2) is 0 Å². The fourth-order valence-corrected chi connectivity index (χ4v) is 2.78. The number of hydrogen-bond donors (Lipinski definition) is 2.